The highest BCUT2D eigenvalue weighted by molar-refractivity contribution is 9.10. The van der Waals surface area contributed by atoms with Crippen LogP contribution in [0.5, 0.6) is 0 Å². The van der Waals surface area contributed by atoms with Gasteiger partial charge in [0.1, 0.15) is 6.54 Å². The van der Waals surface area contributed by atoms with Crippen molar-refractivity contribution >= 4 is 49.9 Å². The number of pyridine rings is 1. The van der Waals surface area contributed by atoms with E-state index < -0.39 is 0 Å². The fraction of sp³-hybridized carbons (Fsp3) is 0.0263. The van der Waals surface area contributed by atoms with Crippen molar-refractivity contribution in [2.75, 3.05) is 0 Å². The molecule has 2 aromatic heterocycles. The Labute approximate surface area is 268 Å². The van der Waals surface area contributed by atoms with E-state index in [-0.39, 0.29) is 17.9 Å². The molecule has 7 rings (SSSR count). The number of hydrogen-bond donors (Lipinski definition) is 1. The summed E-state index contributed by atoms with van der Waals surface area (Å²) in [4.78, 5) is 26.5. The number of halogens is 1. The Morgan fingerprint density at radius 1 is 0.711 bits per heavy atom. The quantitative estimate of drug-likeness (QED) is 0.107. The number of para-hydroxylation sites is 2. The standard InChI is InChI=1S/C38H27BrN4O2/c39-29-19-21-30(22-20-29)43-35(26-11-3-1-4-12-26)23-28(37(43)27-13-5-2-6-14-27)24-40-41-36(44)25-42-33-17-9-7-15-31(33)38(45)32-16-8-10-18-34(32)42/h1-24H,25H2,(H,41,44)/b40-24+. The van der Waals surface area contributed by atoms with E-state index in [2.05, 4.69) is 73.5 Å². The zero-order chi connectivity index (χ0) is 30.8. The molecular formula is C38H27BrN4O2. The molecule has 0 bridgehead atoms. The summed E-state index contributed by atoms with van der Waals surface area (Å²) < 4.78 is 5.08. The van der Waals surface area contributed by atoms with Crippen molar-refractivity contribution in [2.24, 2.45) is 5.10 Å². The fourth-order valence-electron chi connectivity index (χ4n) is 5.80. The summed E-state index contributed by atoms with van der Waals surface area (Å²) in [5.41, 5.74) is 9.95. The van der Waals surface area contributed by atoms with Crippen molar-refractivity contribution in [3.05, 3.63) is 160 Å². The van der Waals surface area contributed by atoms with Gasteiger partial charge in [-0.05, 0) is 65.7 Å². The van der Waals surface area contributed by atoms with Gasteiger partial charge in [0.25, 0.3) is 5.91 Å². The molecule has 0 spiro atoms. The lowest BCUT2D eigenvalue weighted by Crippen LogP contribution is -2.25. The van der Waals surface area contributed by atoms with Gasteiger partial charge in [0.05, 0.1) is 28.6 Å². The van der Waals surface area contributed by atoms with Gasteiger partial charge in [0.15, 0.2) is 5.43 Å². The lowest BCUT2D eigenvalue weighted by Gasteiger charge is -2.15. The van der Waals surface area contributed by atoms with Gasteiger partial charge < -0.3 is 9.13 Å². The largest absolute Gasteiger partial charge is 0.331 e. The first kappa shape index (κ1) is 28.3. The lowest BCUT2D eigenvalue weighted by atomic mass is 10.1. The molecule has 0 atom stereocenters. The fourth-order valence-corrected chi connectivity index (χ4v) is 6.06. The number of hydrazone groups is 1. The zero-order valence-electron chi connectivity index (χ0n) is 24.1. The van der Waals surface area contributed by atoms with Crippen LogP contribution in [0.2, 0.25) is 0 Å². The van der Waals surface area contributed by atoms with Crippen LogP contribution in [-0.4, -0.2) is 21.3 Å². The van der Waals surface area contributed by atoms with Crippen LogP contribution in [0.3, 0.4) is 0 Å². The molecule has 1 amide bonds. The number of carbonyl (C=O) groups is 1. The molecule has 6 nitrogen and oxygen atoms in total. The summed E-state index contributed by atoms with van der Waals surface area (Å²) >= 11 is 3.56. The molecule has 0 radical (unpaired) electrons. The van der Waals surface area contributed by atoms with E-state index >= 15 is 0 Å². The van der Waals surface area contributed by atoms with Gasteiger partial charge in [-0.25, -0.2) is 5.43 Å². The van der Waals surface area contributed by atoms with Crippen LogP contribution < -0.4 is 10.9 Å². The average Bonchev–Trinajstić information content (AvgIpc) is 3.47. The second-order valence-corrected chi connectivity index (χ2v) is 11.5. The smallest absolute Gasteiger partial charge is 0.260 e. The maximum absolute atomic E-state index is 13.3. The second-order valence-electron chi connectivity index (χ2n) is 10.6. The number of benzene rings is 5. The van der Waals surface area contributed by atoms with Crippen LogP contribution in [-0.2, 0) is 11.3 Å². The molecule has 7 heteroatoms. The Kier molecular flexibility index (Phi) is 7.68. The Balaban J connectivity index is 1.28. The normalized spacial score (nSPS) is 11.4. The summed E-state index contributed by atoms with van der Waals surface area (Å²) in [6.45, 7) is -0.000636. The minimum atomic E-state index is -0.304. The van der Waals surface area contributed by atoms with Gasteiger partial charge >= 0.3 is 0 Å². The molecule has 0 unspecified atom stereocenters. The van der Waals surface area contributed by atoms with E-state index in [0.717, 1.165) is 38.2 Å². The van der Waals surface area contributed by atoms with E-state index in [4.69, 9.17) is 0 Å². The first-order chi connectivity index (χ1) is 22.1. The highest BCUT2D eigenvalue weighted by Gasteiger charge is 2.19. The molecule has 2 heterocycles. The number of fused-ring (bicyclic) bond motifs is 2. The molecule has 0 aliphatic rings. The van der Waals surface area contributed by atoms with Gasteiger partial charge in [-0.15, -0.1) is 0 Å². The van der Waals surface area contributed by atoms with E-state index in [0.29, 0.717) is 21.8 Å². The van der Waals surface area contributed by atoms with Crippen molar-refractivity contribution in [3.63, 3.8) is 0 Å². The van der Waals surface area contributed by atoms with Crippen molar-refractivity contribution in [1.82, 2.24) is 14.6 Å². The summed E-state index contributed by atoms with van der Waals surface area (Å²) in [6, 6.07) is 45.4. The van der Waals surface area contributed by atoms with Gasteiger partial charge in [-0.1, -0.05) is 101 Å². The van der Waals surface area contributed by atoms with Crippen molar-refractivity contribution in [2.45, 2.75) is 6.54 Å². The van der Waals surface area contributed by atoms with Crippen LogP contribution in [0.4, 0.5) is 0 Å². The maximum Gasteiger partial charge on any atom is 0.260 e. The Bertz CT molecular complexity index is 2190. The zero-order valence-corrected chi connectivity index (χ0v) is 25.7. The van der Waals surface area contributed by atoms with E-state index in [1.54, 1.807) is 18.3 Å². The Morgan fingerprint density at radius 2 is 1.27 bits per heavy atom. The van der Waals surface area contributed by atoms with Crippen LogP contribution in [0.1, 0.15) is 5.56 Å². The Morgan fingerprint density at radius 3 is 1.89 bits per heavy atom. The van der Waals surface area contributed by atoms with Gasteiger partial charge in [-0.3, -0.25) is 9.59 Å². The molecular weight excluding hydrogens is 624 g/mol. The number of aromatic nitrogens is 2. The highest BCUT2D eigenvalue weighted by Crippen LogP contribution is 2.35. The molecule has 7 aromatic rings. The number of carbonyl (C=O) groups excluding carboxylic acids is 1. The molecule has 218 valence electrons. The number of hydrogen-bond acceptors (Lipinski definition) is 3. The lowest BCUT2D eigenvalue weighted by molar-refractivity contribution is -0.121. The number of rotatable bonds is 7. The van der Waals surface area contributed by atoms with Crippen LogP contribution in [0.25, 0.3) is 50.0 Å². The summed E-state index contributed by atoms with van der Waals surface area (Å²) in [5, 5.41) is 5.58. The number of nitrogens with one attached hydrogen (secondary N) is 1. The molecule has 0 aliphatic heterocycles. The molecule has 45 heavy (non-hydrogen) atoms. The van der Waals surface area contributed by atoms with Crippen molar-refractivity contribution in [1.29, 1.82) is 0 Å². The monoisotopic (exact) mass is 650 g/mol. The van der Waals surface area contributed by atoms with Crippen molar-refractivity contribution < 1.29 is 4.79 Å². The topological polar surface area (TPSA) is 68.4 Å². The van der Waals surface area contributed by atoms with E-state index in [1.165, 1.54) is 0 Å². The SMILES string of the molecule is O=C(Cn1c2ccccc2c(=O)c2ccccc21)N/N=C/c1cc(-c2ccccc2)n(-c2ccc(Br)cc2)c1-c1ccccc1. The van der Waals surface area contributed by atoms with Crippen molar-refractivity contribution in [3.8, 4) is 28.2 Å². The average molecular weight is 652 g/mol. The molecule has 0 saturated carbocycles. The van der Waals surface area contributed by atoms with E-state index in [1.807, 2.05) is 89.5 Å². The second kappa shape index (κ2) is 12.2. The summed E-state index contributed by atoms with van der Waals surface area (Å²) in [7, 11) is 0. The van der Waals surface area contributed by atoms with E-state index in [9.17, 15) is 9.59 Å². The number of nitrogens with zero attached hydrogens (tertiary/aromatic N) is 3. The predicted octanol–water partition coefficient (Wildman–Crippen LogP) is 8.19. The molecule has 5 aromatic carbocycles. The van der Waals surface area contributed by atoms with Gasteiger partial charge in [0, 0.05) is 26.5 Å². The molecule has 0 aliphatic carbocycles. The number of amides is 1. The minimum Gasteiger partial charge on any atom is -0.331 e. The first-order valence-electron chi connectivity index (χ1n) is 14.5. The highest BCUT2D eigenvalue weighted by atomic mass is 79.9. The third kappa shape index (κ3) is 5.50. The first-order valence-corrected chi connectivity index (χ1v) is 15.3. The van der Waals surface area contributed by atoms with Crippen LogP contribution in [0.15, 0.2) is 154 Å². The molecule has 0 saturated heterocycles. The predicted molar refractivity (Wildman–Crippen MR) is 186 cm³/mol. The van der Waals surface area contributed by atoms with Gasteiger partial charge in [-0.2, -0.15) is 5.10 Å². The molecule has 0 fully saturated rings. The van der Waals surface area contributed by atoms with Crippen LogP contribution >= 0.6 is 15.9 Å². The minimum absolute atomic E-state index is 0.000636. The summed E-state index contributed by atoms with van der Waals surface area (Å²) in [6.07, 6.45) is 1.70. The van der Waals surface area contributed by atoms with Gasteiger partial charge in [0.2, 0.25) is 0 Å². The van der Waals surface area contributed by atoms with Crippen LogP contribution in [0, 0.1) is 0 Å². The molecule has 1 N–H and O–H groups in total. The third-order valence-corrected chi connectivity index (χ3v) is 8.33. The third-order valence-electron chi connectivity index (χ3n) is 7.81. The summed E-state index contributed by atoms with van der Waals surface area (Å²) in [5.74, 6) is -0.304. The maximum atomic E-state index is 13.3. The Hall–Kier alpha value is -5.53.